The lowest BCUT2D eigenvalue weighted by Crippen LogP contribution is -2.61. The van der Waals surface area contributed by atoms with Gasteiger partial charge in [-0.2, -0.15) is 0 Å². The first-order valence-electron chi connectivity index (χ1n) is 6.42. The summed E-state index contributed by atoms with van der Waals surface area (Å²) in [6, 6.07) is -0.811. The van der Waals surface area contributed by atoms with Gasteiger partial charge in [-0.15, -0.1) is 0 Å². The molecule has 3 amide bonds. The van der Waals surface area contributed by atoms with Crippen molar-refractivity contribution in [2.24, 2.45) is 4.99 Å². The number of carbonyl (C=O) groups is 2. The SMILES string of the molecule is CCCCC[N+]1=C(Br)N=C2C1C(=O)N(C)C(=O)N2C. The van der Waals surface area contributed by atoms with E-state index in [9.17, 15) is 9.59 Å². The molecule has 0 spiro atoms. The van der Waals surface area contributed by atoms with Crippen molar-refractivity contribution in [3.05, 3.63) is 0 Å². The summed E-state index contributed by atoms with van der Waals surface area (Å²) in [5.41, 5.74) is 0. The first kappa shape index (κ1) is 14.2. The Kier molecular flexibility index (Phi) is 4.03. The Bertz CT molecular complexity index is 486. The molecule has 2 aliphatic heterocycles. The quantitative estimate of drug-likeness (QED) is 0.442. The van der Waals surface area contributed by atoms with Crippen molar-refractivity contribution in [2.75, 3.05) is 20.6 Å². The molecule has 1 saturated heterocycles. The Morgan fingerprint density at radius 3 is 2.58 bits per heavy atom. The zero-order chi connectivity index (χ0) is 14.2. The number of halogens is 1. The van der Waals surface area contributed by atoms with Crippen molar-refractivity contribution >= 4 is 38.4 Å². The smallest absolute Gasteiger partial charge is 0.269 e. The number of nitrogens with zero attached hydrogens (tertiary/aromatic N) is 4. The Labute approximate surface area is 120 Å². The normalized spacial score (nSPS) is 23.2. The van der Waals surface area contributed by atoms with Gasteiger partial charge in [-0.1, -0.05) is 13.3 Å². The summed E-state index contributed by atoms with van der Waals surface area (Å²) in [5.74, 6) is 0.296. The van der Waals surface area contributed by atoms with Gasteiger partial charge in [-0.25, -0.2) is 9.37 Å². The van der Waals surface area contributed by atoms with E-state index >= 15 is 0 Å². The number of urea groups is 1. The van der Waals surface area contributed by atoms with Gasteiger partial charge in [0, 0.05) is 14.1 Å². The van der Waals surface area contributed by atoms with Gasteiger partial charge >= 0.3 is 10.8 Å². The Hall–Kier alpha value is -1.24. The summed E-state index contributed by atoms with van der Waals surface area (Å²) in [4.78, 5) is 31.0. The Balaban J connectivity index is 2.24. The van der Waals surface area contributed by atoms with E-state index in [1.54, 1.807) is 7.05 Å². The van der Waals surface area contributed by atoms with Crippen molar-refractivity contribution in [3.63, 3.8) is 0 Å². The largest absolute Gasteiger partial charge is 0.364 e. The topological polar surface area (TPSA) is 56.0 Å². The minimum absolute atomic E-state index is 0.215. The van der Waals surface area contributed by atoms with E-state index in [-0.39, 0.29) is 11.9 Å². The van der Waals surface area contributed by atoms with Crippen LogP contribution in [0.5, 0.6) is 0 Å². The molecule has 0 bridgehead atoms. The molecule has 0 radical (unpaired) electrons. The molecule has 19 heavy (non-hydrogen) atoms. The van der Waals surface area contributed by atoms with Gasteiger partial charge in [0.2, 0.25) is 0 Å². The summed E-state index contributed by atoms with van der Waals surface area (Å²) in [7, 11) is 3.15. The molecule has 7 heteroatoms. The van der Waals surface area contributed by atoms with E-state index in [0.29, 0.717) is 10.6 Å². The second-order valence-electron chi connectivity index (χ2n) is 4.78. The number of hydrogen-bond donors (Lipinski definition) is 0. The maximum Gasteiger partial charge on any atom is 0.364 e. The molecular formula is C12H18BrN4O2+. The number of fused-ring (bicyclic) bond motifs is 1. The van der Waals surface area contributed by atoms with Crippen LogP contribution < -0.4 is 0 Å². The Morgan fingerprint density at radius 1 is 1.26 bits per heavy atom. The standard InChI is InChI=1S/C12H18BrN4O2/c1-4-5-6-7-17-8-9(14-11(17)13)15(2)12(19)16(3)10(8)18/h8H,4-7H2,1-3H3/q+1. The van der Waals surface area contributed by atoms with E-state index in [1.165, 1.54) is 11.9 Å². The maximum atomic E-state index is 12.3. The van der Waals surface area contributed by atoms with Crippen LogP contribution in [0.4, 0.5) is 4.79 Å². The van der Waals surface area contributed by atoms with Gasteiger partial charge in [0.05, 0.1) is 22.5 Å². The summed E-state index contributed by atoms with van der Waals surface area (Å²) < 4.78 is 2.55. The highest BCUT2D eigenvalue weighted by molar-refractivity contribution is 9.18. The minimum Gasteiger partial charge on any atom is -0.269 e. The van der Waals surface area contributed by atoms with Gasteiger partial charge in [-0.3, -0.25) is 14.6 Å². The molecule has 6 nitrogen and oxygen atoms in total. The fourth-order valence-corrected chi connectivity index (χ4v) is 2.89. The highest BCUT2D eigenvalue weighted by Crippen LogP contribution is 2.20. The van der Waals surface area contributed by atoms with E-state index in [1.807, 2.05) is 4.58 Å². The number of rotatable bonds is 4. The van der Waals surface area contributed by atoms with E-state index in [2.05, 4.69) is 27.8 Å². The first-order chi connectivity index (χ1) is 8.99. The number of likely N-dealkylation sites (N-methyl/N-ethyl adjacent to an activating group) is 2. The average Bonchev–Trinajstić information content (AvgIpc) is 2.72. The van der Waals surface area contributed by atoms with Gasteiger partial charge in [-0.05, 0) is 17.8 Å². The predicted octanol–water partition coefficient (Wildman–Crippen LogP) is 1.24. The summed E-state index contributed by atoms with van der Waals surface area (Å²) >= 11 is 3.39. The molecule has 0 N–H and O–H groups in total. The van der Waals surface area contributed by atoms with Crippen LogP contribution in [0.2, 0.25) is 0 Å². The highest BCUT2D eigenvalue weighted by atomic mass is 79.9. The lowest BCUT2D eigenvalue weighted by Gasteiger charge is -2.30. The molecule has 2 heterocycles. The number of aliphatic imine (C=N–C) groups is 1. The molecular weight excluding hydrogens is 312 g/mol. The summed E-state index contributed by atoms with van der Waals surface area (Å²) in [5, 5.41) is 0. The van der Waals surface area contributed by atoms with E-state index < -0.39 is 6.04 Å². The molecule has 0 aromatic rings. The van der Waals surface area contributed by atoms with Gasteiger partial charge in [0.1, 0.15) is 0 Å². The second-order valence-corrected chi connectivity index (χ2v) is 5.49. The molecule has 1 atom stereocenters. The molecule has 0 aromatic heterocycles. The van der Waals surface area contributed by atoms with Crippen LogP contribution in [-0.2, 0) is 4.79 Å². The van der Waals surface area contributed by atoms with Gasteiger partial charge < -0.3 is 0 Å². The molecule has 104 valence electrons. The number of hydrogen-bond acceptors (Lipinski definition) is 3. The van der Waals surface area contributed by atoms with Crippen LogP contribution >= 0.6 is 15.9 Å². The first-order valence-corrected chi connectivity index (χ1v) is 7.21. The van der Waals surface area contributed by atoms with Crippen molar-refractivity contribution in [1.29, 1.82) is 0 Å². The highest BCUT2D eigenvalue weighted by Gasteiger charge is 2.52. The van der Waals surface area contributed by atoms with Crippen LogP contribution in [-0.4, -0.2) is 63.6 Å². The molecule has 0 aliphatic carbocycles. The fraction of sp³-hybridized carbons (Fsp3) is 0.667. The molecule has 2 aliphatic rings. The van der Waals surface area contributed by atoms with Crippen molar-refractivity contribution in [2.45, 2.75) is 32.2 Å². The van der Waals surface area contributed by atoms with Crippen LogP contribution in [0.25, 0.3) is 0 Å². The van der Waals surface area contributed by atoms with E-state index in [4.69, 9.17) is 0 Å². The van der Waals surface area contributed by atoms with Crippen LogP contribution in [0.1, 0.15) is 26.2 Å². The molecule has 0 saturated carbocycles. The third-order valence-electron chi connectivity index (χ3n) is 3.48. The third-order valence-corrected chi connectivity index (χ3v) is 4.12. The number of amidine groups is 2. The van der Waals surface area contributed by atoms with Crippen LogP contribution in [0.15, 0.2) is 4.99 Å². The maximum absolute atomic E-state index is 12.3. The van der Waals surface area contributed by atoms with Gasteiger partial charge in [0.15, 0.2) is 0 Å². The van der Waals surface area contributed by atoms with Gasteiger partial charge in [0.25, 0.3) is 17.8 Å². The fourth-order valence-electron chi connectivity index (χ4n) is 2.32. The number of amides is 3. The lowest BCUT2D eigenvalue weighted by molar-refractivity contribution is -0.533. The second kappa shape index (κ2) is 5.40. The average molecular weight is 330 g/mol. The molecule has 0 aromatic carbocycles. The Morgan fingerprint density at radius 2 is 1.95 bits per heavy atom. The predicted molar refractivity (Wildman–Crippen MR) is 75.7 cm³/mol. The molecule has 2 rings (SSSR count). The summed E-state index contributed by atoms with van der Waals surface area (Å²) in [6.45, 7) is 2.89. The zero-order valence-electron chi connectivity index (χ0n) is 11.4. The molecule has 1 unspecified atom stereocenters. The van der Waals surface area contributed by atoms with Crippen molar-refractivity contribution in [3.8, 4) is 0 Å². The van der Waals surface area contributed by atoms with Crippen molar-refractivity contribution in [1.82, 2.24) is 9.80 Å². The lowest BCUT2D eigenvalue weighted by atomic mass is 10.1. The number of carbonyl (C=O) groups excluding carboxylic acids is 2. The summed E-state index contributed by atoms with van der Waals surface area (Å²) in [6.07, 6.45) is 3.23. The zero-order valence-corrected chi connectivity index (χ0v) is 13.0. The number of imide groups is 1. The van der Waals surface area contributed by atoms with Crippen LogP contribution in [0, 0.1) is 0 Å². The van der Waals surface area contributed by atoms with Crippen LogP contribution in [0.3, 0.4) is 0 Å². The number of unbranched alkanes of at least 4 members (excludes halogenated alkanes) is 2. The van der Waals surface area contributed by atoms with E-state index in [0.717, 1.165) is 30.7 Å². The minimum atomic E-state index is -0.473. The third kappa shape index (κ3) is 2.31. The molecule has 1 fully saturated rings. The van der Waals surface area contributed by atoms with Crippen molar-refractivity contribution < 1.29 is 14.2 Å². The monoisotopic (exact) mass is 329 g/mol.